The van der Waals surface area contributed by atoms with Crippen molar-refractivity contribution in [2.75, 3.05) is 11.9 Å². The van der Waals surface area contributed by atoms with Crippen molar-refractivity contribution >= 4 is 27.0 Å². The first-order valence-electron chi connectivity index (χ1n) is 6.86. The summed E-state index contributed by atoms with van der Waals surface area (Å²) in [6.07, 6.45) is 0.879. The van der Waals surface area contributed by atoms with E-state index in [1.807, 2.05) is 31.4 Å². The number of hydrogen-bond acceptors (Lipinski definition) is 4. The maximum atomic E-state index is 12.3. The fourth-order valence-electron chi connectivity index (χ4n) is 2.00. The van der Waals surface area contributed by atoms with Crippen molar-refractivity contribution < 1.29 is 8.42 Å². The number of benzene rings is 1. The molecule has 0 aliphatic heterocycles. The van der Waals surface area contributed by atoms with Gasteiger partial charge in [0.05, 0.1) is 5.69 Å². The standard InChI is InChI=1S/C15H20N2O2S2/c1-12(2)17-21(18,19)15-8-4-3-7-14(15)16-10-9-13-6-5-11-20-13/h3-8,11-12,16-17H,9-10H2,1-2H3. The molecule has 0 fully saturated rings. The van der Waals surface area contributed by atoms with E-state index in [4.69, 9.17) is 0 Å². The number of hydrogen-bond donors (Lipinski definition) is 2. The van der Waals surface area contributed by atoms with E-state index in [1.54, 1.807) is 29.5 Å². The highest BCUT2D eigenvalue weighted by Crippen LogP contribution is 2.21. The minimum atomic E-state index is -3.48. The van der Waals surface area contributed by atoms with Crippen LogP contribution >= 0.6 is 11.3 Å². The van der Waals surface area contributed by atoms with Gasteiger partial charge in [0.2, 0.25) is 10.0 Å². The smallest absolute Gasteiger partial charge is 0.242 e. The van der Waals surface area contributed by atoms with E-state index in [0.717, 1.165) is 6.42 Å². The number of sulfonamides is 1. The monoisotopic (exact) mass is 324 g/mol. The van der Waals surface area contributed by atoms with E-state index in [2.05, 4.69) is 16.1 Å². The Hall–Kier alpha value is -1.37. The second-order valence-corrected chi connectivity index (χ2v) is 7.74. The van der Waals surface area contributed by atoms with Gasteiger partial charge in [-0.1, -0.05) is 18.2 Å². The third kappa shape index (κ3) is 4.56. The maximum absolute atomic E-state index is 12.3. The average Bonchev–Trinajstić information content (AvgIpc) is 2.91. The zero-order valence-electron chi connectivity index (χ0n) is 12.2. The van der Waals surface area contributed by atoms with Crippen LogP contribution in [-0.2, 0) is 16.4 Å². The van der Waals surface area contributed by atoms with Crippen molar-refractivity contribution in [1.29, 1.82) is 0 Å². The van der Waals surface area contributed by atoms with Gasteiger partial charge in [-0.25, -0.2) is 13.1 Å². The summed E-state index contributed by atoms with van der Waals surface area (Å²) < 4.78 is 27.2. The molecule has 4 nitrogen and oxygen atoms in total. The molecule has 0 bridgehead atoms. The van der Waals surface area contributed by atoms with Gasteiger partial charge in [0, 0.05) is 17.5 Å². The van der Waals surface area contributed by atoms with Crippen molar-refractivity contribution in [1.82, 2.24) is 4.72 Å². The molecule has 0 saturated heterocycles. The summed E-state index contributed by atoms with van der Waals surface area (Å²) in [5, 5.41) is 5.26. The van der Waals surface area contributed by atoms with Gasteiger partial charge in [0.1, 0.15) is 4.90 Å². The third-order valence-corrected chi connectivity index (χ3v) is 5.49. The Balaban J connectivity index is 2.09. The molecule has 0 radical (unpaired) electrons. The fraction of sp³-hybridized carbons (Fsp3) is 0.333. The van der Waals surface area contributed by atoms with Gasteiger partial charge in [-0.2, -0.15) is 0 Å². The second-order valence-electron chi connectivity index (χ2n) is 5.03. The van der Waals surface area contributed by atoms with E-state index in [-0.39, 0.29) is 6.04 Å². The van der Waals surface area contributed by atoms with Gasteiger partial charge in [-0.3, -0.25) is 0 Å². The normalized spacial score (nSPS) is 11.8. The molecule has 2 N–H and O–H groups in total. The maximum Gasteiger partial charge on any atom is 0.242 e. The van der Waals surface area contributed by atoms with Crippen LogP contribution in [0.15, 0.2) is 46.7 Å². The molecule has 2 rings (SSSR count). The lowest BCUT2D eigenvalue weighted by molar-refractivity contribution is 0.570. The molecule has 0 atom stereocenters. The van der Waals surface area contributed by atoms with Gasteiger partial charge >= 0.3 is 0 Å². The van der Waals surface area contributed by atoms with Crippen LogP contribution in [0.1, 0.15) is 18.7 Å². The van der Waals surface area contributed by atoms with E-state index in [0.29, 0.717) is 17.1 Å². The molecular weight excluding hydrogens is 304 g/mol. The molecule has 0 unspecified atom stereocenters. The van der Waals surface area contributed by atoms with Crippen LogP contribution in [-0.4, -0.2) is 21.0 Å². The lowest BCUT2D eigenvalue weighted by Crippen LogP contribution is -2.30. The number of nitrogens with one attached hydrogen (secondary N) is 2. The van der Waals surface area contributed by atoms with Crippen LogP contribution in [0.3, 0.4) is 0 Å². The van der Waals surface area contributed by atoms with Crippen LogP contribution in [0.25, 0.3) is 0 Å². The topological polar surface area (TPSA) is 58.2 Å². The van der Waals surface area contributed by atoms with Crippen LogP contribution in [0.4, 0.5) is 5.69 Å². The molecule has 6 heteroatoms. The molecule has 1 heterocycles. The summed E-state index contributed by atoms with van der Waals surface area (Å²) in [5.41, 5.74) is 0.641. The molecule has 21 heavy (non-hydrogen) atoms. The van der Waals surface area contributed by atoms with E-state index >= 15 is 0 Å². The zero-order chi connectivity index (χ0) is 15.3. The number of rotatable bonds is 7. The molecule has 0 saturated carbocycles. The molecule has 0 amide bonds. The van der Waals surface area contributed by atoms with Gasteiger partial charge in [0.25, 0.3) is 0 Å². The highest BCUT2D eigenvalue weighted by atomic mass is 32.2. The van der Waals surface area contributed by atoms with Crippen molar-refractivity contribution in [3.8, 4) is 0 Å². The Morgan fingerprint density at radius 3 is 2.57 bits per heavy atom. The number of anilines is 1. The Morgan fingerprint density at radius 2 is 1.90 bits per heavy atom. The van der Waals surface area contributed by atoms with Crippen LogP contribution in [0.5, 0.6) is 0 Å². The third-order valence-electron chi connectivity index (χ3n) is 2.83. The van der Waals surface area contributed by atoms with E-state index in [1.165, 1.54) is 4.88 Å². The van der Waals surface area contributed by atoms with Crippen LogP contribution in [0.2, 0.25) is 0 Å². The number of para-hydroxylation sites is 1. The molecule has 1 aromatic carbocycles. The summed E-state index contributed by atoms with van der Waals surface area (Å²) in [7, 11) is -3.48. The highest BCUT2D eigenvalue weighted by Gasteiger charge is 2.18. The van der Waals surface area contributed by atoms with E-state index < -0.39 is 10.0 Å². The lowest BCUT2D eigenvalue weighted by Gasteiger charge is -2.14. The van der Waals surface area contributed by atoms with Crippen molar-refractivity contribution in [3.63, 3.8) is 0 Å². The zero-order valence-corrected chi connectivity index (χ0v) is 13.8. The van der Waals surface area contributed by atoms with Gasteiger partial charge in [-0.05, 0) is 43.8 Å². The molecule has 0 aliphatic rings. The molecule has 114 valence electrons. The van der Waals surface area contributed by atoms with Crippen molar-refractivity contribution in [3.05, 3.63) is 46.7 Å². The summed E-state index contributed by atoms with van der Waals surface area (Å²) in [6.45, 7) is 4.32. The molecule has 1 aromatic heterocycles. The second kappa shape index (κ2) is 7.06. The Bertz CT molecular complexity index is 665. The van der Waals surface area contributed by atoms with Crippen LogP contribution in [0, 0.1) is 0 Å². The highest BCUT2D eigenvalue weighted by molar-refractivity contribution is 7.89. The first-order chi connectivity index (χ1) is 9.99. The first-order valence-corrected chi connectivity index (χ1v) is 9.23. The SMILES string of the molecule is CC(C)NS(=O)(=O)c1ccccc1NCCc1cccs1. The predicted molar refractivity (Wildman–Crippen MR) is 88.4 cm³/mol. The summed E-state index contributed by atoms with van der Waals surface area (Å²) in [5.74, 6) is 0. The minimum Gasteiger partial charge on any atom is -0.384 e. The Labute approximate surface area is 130 Å². The summed E-state index contributed by atoms with van der Waals surface area (Å²) in [6, 6.07) is 11.0. The number of thiophene rings is 1. The largest absolute Gasteiger partial charge is 0.384 e. The van der Waals surface area contributed by atoms with E-state index in [9.17, 15) is 8.42 Å². The van der Waals surface area contributed by atoms with Crippen molar-refractivity contribution in [2.24, 2.45) is 0 Å². The Kier molecular flexibility index (Phi) is 5.39. The molecule has 0 aliphatic carbocycles. The summed E-state index contributed by atoms with van der Waals surface area (Å²) >= 11 is 1.71. The van der Waals surface area contributed by atoms with Gasteiger partial charge < -0.3 is 5.32 Å². The van der Waals surface area contributed by atoms with Gasteiger partial charge in [-0.15, -0.1) is 11.3 Å². The van der Waals surface area contributed by atoms with Gasteiger partial charge in [0.15, 0.2) is 0 Å². The van der Waals surface area contributed by atoms with Crippen molar-refractivity contribution in [2.45, 2.75) is 31.2 Å². The average molecular weight is 324 g/mol. The predicted octanol–water partition coefficient (Wildman–Crippen LogP) is 3.09. The fourth-order valence-corrected chi connectivity index (χ4v) is 4.14. The minimum absolute atomic E-state index is 0.130. The first kappa shape index (κ1) is 16.0. The van der Waals surface area contributed by atoms with Crippen LogP contribution < -0.4 is 10.0 Å². The quantitative estimate of drug-likeness (QED) is 0.823. The molecular formula is C15H20N2O2S2. The Morgan fingerprint density at radius 1 is 1.14 bits per heavy atom. The lowest BCUT2D eigenvalue weighted by atomic mass is 10.3. The summed E-state index contributed by atoms with van der Waals surface area (Å²) in [4.78, 5) is 1.58. The molecule has 2 aromatic rings. The molecule has 0 spiro atoms.